The summed E-state index contributed by atoms with van der Waals surface area (Å²) >= 11 is 5.30. The van der Waals surface area contributed by atoms with Crippen molar-refractivity contribution < 1.29 is 13.9 Å². The number of nitrogens with zero attached hydrogens (tertiary/aromatic N) is 1. The number of aliphatic hydroxyl groups is 1. The molecule has 6 heteroatoms. The molecule has 21 heavy (non-hydrogen) atoms. The van der Waals surface area contributed by atoms with Crippen LogP contribution in [0.5, 0.6) is 0 Å². The van der Waals surface area contributed by atoms with E-state index >= 15 is 0 Å². The number of halogens is 2. The molecule has 2 N–H and O–H groups in total. The zero-order chi connectivity index (χ0) is 14.8. The number of aliphatic hydroxyl groups excluding tert-OH is 1. The lowest BCUT2D eigenvalue weighted by atomic mass is 9.93. The first-order valence-electron chi connectivity index (χ1n) is 6.95. The molecule has 110 valence electrons. The first-order valence-corrected chi connectivity index (χ1v) is 7.35. The number of imidazole rings is 1. The van der Waals surface area contributed by atoms with E-state index in [0.29, 0.717) is 23.3 Å². The van der Waals surface area contributed by atoms with Crippen LogP contribution in [-0.4, -0.2) is 21.3 Å². The van der Waals surface area contributed by atoms with E-state index in [4.69, 9.17) is 17.3 Å². The van der Waals surface area contributed by atoms with Gasteiger partial charge < -0.3 is 14.7 Å². The van der Waals surface area contributed by atoms with Crippen LogP contribution < -0.4 is 0 Å². The van der Waals surface area contributed by atoms with Gasteiger partial charge in [-0.05, 0) is 42.4 Å². The maximum Gasteiger partial charge on any atom is 0.177 e. The molecule has 1 saturated carbocycles. The molecule has 3 nitrogen and oxygen atoms in total. The van der Waals surface area contributed by atoms with Gasteiger partial charge in [0.25, 0.3) is 0 Å². The van der Waals surface area contributed by atoms with E-state index in [0.717, 1.165) is 23.9 Å². The van der Waals surface area contributed by atoms with Crippen LogP contribution in [0.25, 0.3) is 0 Å². The summed E-state index contributed by atoms with van der Waals surface area (Å²) in [6.45, 7) is 0.616. The lowest BCUT2D eigenvalue weighted by Gasteiger charge is -2.14. The number of nitrogens with one attached hydrogen (secondary N) is 1. The summed E-state index contributed by atoms with van der Waals surface area (Å²) in [7, 11) is 0. The fourth-order valence-corrected chi connectivity index (χ4v) is 4.06. The van der Waals surface area contributed by atoms with Crippen LogP contribution in [0, 0.1) is 16.4 Å². The Bertz CT molecular complexity index is 797. The smallest absolute Gasteiger partial charge is 0.177 e. The number of aromatic nitrogens is 2. The van der Waals surface area contributed by atoms with Gasteiger partial charge in [-0.1, -0.05) is 0 Å². The molecule has 1 aromatic heterocycles. The highest BCUT2D eigenvalue weighted by molar-refractivity contribution is 7.71. The van der Waals surface area contributed by atoms with E-state index in [1.165, 1.54) is 12.1 Å². The van der Waals surface area contributed by atoms with Crippen molar-refractivity contribution in [3.05, 3.63) is 51.6 Å². The van der Waals surface area contributed by atoms with E-state index in [9.17, 15) is 8.78 Å². The number of rotatable bonds is 3. The second-order valence-corrected chi connectivity index (χ2v) is 6.28. The van der Waals surface area contributed by atoms with Gasteiger partial charge in [-0.3, -0.25) is 0 Å². The van der Waals surface area contributed by atoms with Crippen molar-refractivity contribution in [3.8, 4) is 0 Å². The zero-order valence-corrected chi connectivity index (χ0v) is 12.0. The summed E-state index contributed by atoms with van der Waals surface area (Å²) in [5.41, 5.74) is 2.05. The number of benzene rings is 1. The topological polar surface area (TPSA) is 40.9 Å². The maximum atomic E-state index is 14.1. The van der Waals surface area contributed by atoms with Gasteiger partial charge in [0.15, 0.2) is 4.77 Å². The molecule has 2 atom stereocenters. The summed E-state index contributed by atoms with van der Waals surface area (Å²) in [4.78, 5) is 3.12. The van der Waals surface area contributed by atoms with Crippen LogP contribution >= 0.6 is 12.2 Å². The minimum absolute atomic E-state index is 0.0380. The van der Waals surface area contributed by atoms with E-state index in [2.05, 4.69) is 4.98 Å². The zero-order valence-electron chi connectivity index (χ0n) is 11.2. The largest absolute Gasteiger partial charge is 0.396 e. The number of hydrogen-bond donors (Lipinski definition) is 2. The Morgan fingerprint density at radius 3 is 3.00 bits per heavy atom. The molecule has 1 aromatic carbocycles. The highest BCUT2D eigenvalue weighted by atomic mass is 32.1. The second-order valence-electron chi connectivity index (χ2n) is 5.89. The van der Waals surface area contributed by atoms with E-state index < -0.39 is 5.82 Å². The van der Waals surface area contributed by atoms with Crippen LogP contribution in [0.15, 0.2) is 18.2 Å². The van der Waals surface area contributed by atoms with Crippen molar-refractivity contribution in [1.29, 1.82) is 0 Å². The van der Waals surface area contributed by atoms with Crippen molar-refractivity contribution in [1.82, 2.24) is 9.55 Å². The summed E-state index contributed by atoms with van der Waals surface area (Å²) in [6.07, 6.45) is 1.31. The highest BCUT2D eigenvalue weighted by Gasteiger charge is 2.63. The summed E-state index contributed by atoms with van der Waals surface area (Å²) < 4.78 is 30.2. The Balaban J connectivity index is 1.81. The van der Waals surface area contributed by atoms with Gasteiger partial charge in [0.05, 0.1) is 0 Å². The standard InChI is InChI=1S/C15H14F2N2OS/c16-8-1-2-11(17)9(5-8)15-6-10(15)13-12(3-4-20)18-14(21)19(13)7-15/h1-2,5,10,20H,3-4,6-7H2,(H,18,21)/t10-,15+/m0/s1. The molecule has 1 aliphatic carbocycles. The molecule has 0 unspecified atom stereocenters. The van der Waals surface area contributed by atoms with Crippen LogP contribution in [0.2, 0.25) is 0 Å². The molecule has 2 aliphatic rings. The van der Waals surface area contributed by atoms with Crippen molar-refractivity contribution in [2.75, 3.05) is 6.61 Å². The first kappa shape index (κ1) is 13.2. The molecule has 1 fully saturated rings. The van der Waals surface area contributed by atoms with Gasteiger partial charge in [-0.2, -0.15) is 0 Å². The van der Waals surface area contributed by atoms with Crippen molar-refractivity contribution in [2.24, 2.45) is 0 Å². The molecule has 0 radical (unpaired) electrons. The molecular weight excluding hydrogens is 294 g/mol. The van der Waals surface area contributed by atoms with Gasteiger partial charge in [-0.15, -0.1) is 0 Å². The van der Waals surface area contributed by atoms with E-state index in [1.807, 2.05) is 4.57 Å². The van der Waals surface area contributed by atoms with E-state index in [1.54, 1.807) is 0 Å². The monoisotopic (exact) mass is 308 g/mol. The second kappa shape index (κ2) is 4.24. The summed E-state index contributed by atoms with van der Waals surface area (Å²) in [5.74, 6) is -0.615. The predicted octanol–water partition coefficient (Wildman–Crippen LogP) is 2.80. The van der Waals surface area contributed by atoms with E-state index in [-0.39, 0.29) is 23.8 Å². The minimum Gasteiger partial charge on any atom is -0.396 e. The van der Waals surface area contributed by atoms with Gasteiger partial charge in [0.2, 0.25) is 0 Å². The third-order valence-electron chi connectivity index (χ3n) is 4.78. The fraction of sp³-hybridized carbons (Fsp3) is 0.400. The number of fused-ring (bicyclic) bond motifs is 3. The van der Waals surface area contributed by atoms with Crippen molar-refractivity contribution in [3.63, 3.8) is 0 Å². The van der Waals surface area contributed by atoms with Crippen LogP contribution in [0.4, 0.5) is 8.78 Å². The van der Waals surface area contributed by atoms with Gasteiger partial charge in [0.1, 0.15) is 11.6 Å². The Hall–Kier alpha value is -1.53. The van der Waals surface area contributed by atoms with Crippen LogP contribution in [0.3, 0.4) is 0 Å². The maximum absolute atomic E-state index is 14.1. The Morgan fingerprint density at radius 1 is 1.43 bits per heavy atom. The van der Waals surface area contributed by atoms with Crippen LogP contribution in [0.1, 0.15) is 29.3 Å². The van der Waals surface area contributed by atoms with Gasteiger partial charge >= 0.3 is 0 Å². The minimum atomic E-state index is -0.413. The van der Waals surface area contributed by atoms with Crippen molar-refractivity contribution >= 4 is 12.2 Å². The molecule has 4 rings (SSSR count). The molecule has 0 amide bonds. The third-order valence-corrected chi connectivity index (χ3v) is 5.10. The number of aromatic amines is 1. The lowest BCUT2D eigenvalue weighted by Crippen LogP contribution is -2.14. The lowest BCUT2D eigenvalue weighted by molar-refractivity contribution is 0.298. The highest BCUT2D eigenvalue weighted by Crippen LogP contribution is 2.66. The Morgan fingerprint density at radius 2 is 2.24 bits per heavy atom. The molecule has 0 spiro atoms. The first-order chi connectivity index (χ1) is 10.1. The number of H-pyrrole nitrogens is 1. The molecular formula is C15H14F2N2OS. The fourth-order valence-electron chi connectivity index (χ4n) is 3.77. The molecule has 1 aliphatic heterocycles. The average Bonchev–Trinajstić information content (AvgIpc) is 2.94. The normalized spacial score (nSPS) is 25.8. The van der Waals surface area contributed by atoms with Crippen molar-refractivity contribution in [2.45, 2.75) is 30.7 Å². The SMILES string of the molecule is OCCc1[nH]c(=S)n2c1[C@@H]1C[C@]1(c1cc(F)ccc1F)C2. The predicted molar refractivity (Wildman–Crippen MR) is 75.8 cm³/mol. The number of hydrogen-bond acceptors (Lipinski definition) is 2. The average molecular weight is 308 g/mol. The molecule has 2 aromatic rings. The molecule has 0 bridgehead atoms. The van der Waals surface area contributed by atoms with Crippen LogP contribution in [-0.2, 0) is 18.4 Å². The quantitative estimate of drug-likeness (QED) is 0.856. The Kier molecular flexibility index (Phi) is 2.65. The molecule has 0 saturated heterocycles. The van der Waals surface area contributed by atoms with Gasteiger partial charge in [0, 0.05) is 42.3 Å². The third kappa shape index (κ3) is 1.69. The van der Waals surface area contributed by atoms with Gasteiger partial charge in [-0.25, -0.2) is 8.78 Å². The molecule has 2 heterocycles. The summed E-state index contributed by atoms with van der Waals surface area (Å²) in [5, 5.41) is 9.15. The summed E-state index contributed by atoms with van der Waals surface area (Å²) in [6, 6.07) is 3.64. The Labute approximate surface area is 125 Å².